The molecule has 5 atom stereocenters. The summed E-state index contributed by atoms with van der Waals surface area (Å²) < 4.78 is 14.5. The maximum absolute atomic E-state index is 12.0. The second-order valence-corrected chi connectivity index (χ2v) is 5.35. The standard InChI is InChI=1S/C12H21N4O8P/c1-2-22-12(20)7(15)5(13)6(14)10(19)16-11-9(18)8(17)4(24-11)3-23-25-21/h4,8-9,11,15,17-18,21,25H,2-3,13-14H2,1H3,(H,16,19)/b6-5+,15-7?. The predicted molar refractivity (Wildman–Crippen MR) is 85.1 cm³/mol. The molecule has 1 saturated heterocycles. The minimum absolute atomic E-state index is 0.0124. The summed E-state index contributed by atoms with van der Waals surface area (Å²) in [5.41, 5.74) is 8.94. The average molecular weight is 380 g/mol. The topological polar surface area (TPSA) is 210 Å². The zero-order valence-electron chi connectivity index (χ0n) is 13.3. The van der Waals surface area contributed by atoms with Crippen LogP contribution in [0.2, 0.25) is 0 Å². The normalized spacial score (nSPS) is 27.2. The molecule has 0 aromatic heterocycles. The summed E-state index contributed by atoms with van der Waals surface area (Å²) in [5, 5.41) is 29.3. The zero-order chi connectivity index (χ0) is 19.1. The van der Waals surface area contributed by atoms with E-state index in [1.54, 1.807) is 0 Å². The fraction of sp³-hybridized carbons (Fsp3) is 0.583. The van der Waals surface area contributed by atoms with Crippen LogP contribution in [0.3, 0.4) is 0 Å². The largest absolute Gasteiger partial charge is 0.461 e. The van der Waals surface area contributed by atoms with Gasteiger partial charge in [0, 0.05) is 0 Å². The molecule has 1 amide bonds. The lowest BCUT2D eigenvalue weighted by Gasteiger charge is -2.17. The molecule has 0 aromatic rings. The van der Waals surface area contributed by atoms with E-state index in [1.165, 1.54) is 6.92 Å². The van der Waals surface area contributed by atoms with Crippen LogP contribution in [-0.4, -0.2) is 70.4 Å². The molecule has 1 heterocycles. The second-order valence-electron chi connectivity index (χ2n) is 4.87. The Hall–Kier alpha value is -1.82. The van der Waals surface area contributed by atoms with Crippen LogP contribution in [0.5, 0.6) is 0 Å². The Bertz CT molecular complexity index is 557. The summed E-state index contributed by atoms with van der Waals surface area (Å²) in [5.74, 6) is -2.07. The molecule has 5 unspecified atom stereocenters. The molecule has 0 bridgehead atoms. The van der Waals surface area contributed by atoms with Gasteiger partial charge in [-0.2, -0.15) is 0 Å². The van der Waals surface area contributed by atoms with Crippen LogP contribution in [0.25, 0.3) is 0 Å². The summed E-state index contributed by atoms with van der Waals surface area (Å²) in [7, 11) is -0.830. The van der Waals surface area contributed by atoms with E-state index in [9.17, 15) is 19.8 Å². The predicted octanol–water partition coefficient (Wildman–Crippen LogP) is -3.22. The number of esters is 1. The number of nitrogens with two attached hydrogens (primary N) is 2. The Kier molecular flexibility index (Phi) is 8.16. The van der Waals surface area contributed by atoms with Gasteiger partial charge in [0.1, 0.15) is 24.0 Å². The van der Waals surface area contributed by atoms with Crippen LogP contribution in [0, 0.1) is 5.41 Å². The smallest absolute Gasteiger partial charge is 0.358 e. The Morgan fingerprint density at radius 1 is 1.28 bits per heavy atom. The molecule has 0 aliphatic carbocycles. The highest BCUT2D eigenvalue weighted by Crippen LogP contribution is 2.22. The number of hydrogen-bond acceptors (Lipinski definition) is 11. The summed E-state index contributed by atoms with van der Waals surface area (Å²) in [6.45, 7) is 1.33. The monoisotopic (exact) mass is 380 g/mol. The summed E-state index contributed by atoms with van der Waals surface area (Å²) in [6.07, 6.45) is -5.18. The molecule has 0 radical (unpaired) electrons. The molecule has 1 rings (SSSR count). The van der Waals surface area contributed by atoms with Gasteiger partial charge in [0.25, 0.3) is 5.91 Å². The van der Waals surface area contributed by atoms with E-state index >= 15 is 0 Å². The molecule has 1 aliphatic heterocycles. The first kappa shape index (κ1) is 21.2. The third kappa shape index (κ3) is 5.33. The first-order chi connectivity index (χ1) is 11.7. The number of ether oxygens (including phenoxy) is 2. The molecule has 0 spiro atoms. The highest BCUT2D eigenvalue weighted by molar-refractivity contribution is 7.24. The van der Waals surface area contributed by atoms with E-state index in [0.29, 0.717) is 0 Å². The average Bonchev–Trinajstić information content (AvgIpc) is 2.85. The third-order valence-corrected chi connectivity index (χ3v) is 3.53. The van der Waals surface area contributed by atoms with Crippen molar-refractivity contribution in [3.63, 3.8) is 0 Å². The molecular formula is C12H21N4O8P. The van der Waals surface area contributed by atoms with E-state index in [4.69, 9.17) is 31.0 Å². The number of nitrogens with one attached hydrogen (secondary N) is 2. The molecule has 25 heavy (non-hydrogen) atoms. The lowest BCUT2D eigenvalue weighted by atomic mass is 10.1. The van der Waals surface area contributed by atoms with Gasteiger partial charge < -0.3 is 45.9 Å². The Morgan fingerprint density at radius 2 is 1.92 bits per heavy atom. The van der Waals surface area contributed by atoms with Gasteiger partial charge in [-0.1, -0.05) is 0 Å². The molecule has 0 saturated carbocycles. The first-order valence-electron chi connectivity index (χ1n) is 7.09. The fourth-order valence-electron chi connectivity index (χ4n) is 1.90. The van der Waals surface area contributed by atoms with Crippen molar-refractivity contribution in [2.24, 2.45) is 11.5 Å². The van der Waals surface area contributed by atoms with Crippen molar-refractivity contribution in [3.05, 3.63) is 11.4 Å². The number of aliphatic hydroxyl groups is 2. The van der Waals surface area contributed by atoms with E-state index in [0.717, 1.165) is 0 Å². The van der Waals surface area contributed by atoms with Crippen LogP contribution >= 0.6 is 9.03 Å². The van der Waals surface area contributed by atoms with E-state index < -0.39 is 62.6 Å². The molecule has 12 nitrogen and oxygen atoms in total. The SMILES string of the molecule is CCOC(=O)C(=N)/C(N)=C(\N)C(=O)NC1OC(COPO)C(O)C1O. The number of hydrogen-bond donors (Lipinski definition) is 7. The zero-order valence-corrected chi connectivity index (χ0v) is 14.3. The summed E-state index contributed by atoms with van der Waals surface area (Å²) in [6, 6.07) is 0. The molecule has 9 N–H and O–H groups in total. The highest BCUT2D eigenvalue weighted by Gasteiger charge is 2.43. The van der Waals surface area contributed by atoms with Crippen molar-refractivity contribution in [2.75, 3.05) is 13.2 Å². The Morgan fingerprint density at radius 3 is 2.48 bits per heavy atom. The molecule has 142 valence electrons. The first-order valence-corrected chi connectivity index (χ1v) is 7.94. The second kappa shape index (κ2) is 9.61. The van der Waals surface area contributed by atoms with Gasteiger partial charge in [0.2, 0.25) is 0 Å². The maximum Gasteiger partial charge on any atom is 0.358 e. The minimum Gasteiger partial charge on any atom is -0.461 e. The number of amides is 1. The Labute approximate surface area is 144 Å². The molecule has 13 heteroatoms. The van der Waals surface area contributed by atoms with Crippen molar-refractivity contribution in [1.29, 1.82) is 5.41 Å². The van der Waals surface area contributed by atoms with Gasteiger partial charge in [0.15, 0.2) is 21.0 Å². The number of rotatable bonds is 8. The quantitative estimate of drug-likeness (QED) is 0.0968. The Balaban J connectivity index is 2.75. The number of aliphatic hydroxyl groups excluding tert-OH is 2. The van der Waals surface area contributed by atoms with Gasteiger partial charge >= 0.3 is 5.97 Å². The lowest BCUT2D eigenvalue weighted by Crippen LogP contribution is -2.46. The van der Waals surface area contributed by atoms with Crippen molar-refractivity contribution in [1.82, 2.24) is 5.32 Å². The number of carbonyl (C=O) groups is 2. The van der Waals surface area contributed by atoms with Gasteiger partial charge in [-0.3, -0.25) is 10.2 Å². The third-order valence-electron chi connectivity index (χ3n) is 3.23. The van der Waals surface area contributed by atoms with Crippen LogP contribution in [0.15, 0.2) is 11.4 Å². The lowest BCUT2D eigenvalue weighted by molar-refractivity contribution is -0.135. The van der Waals surface area contributed by atoms with E-state index in [2.05, 4.69) is 10.1 Å². The molecule has 0 aromatic carbocycles. The highest BCUT2D eigenvalue weighted by atomic mass is 31.1. The van der Waals surface area contributed by atoms with Crippen LogP contribution in [0.4, 0.5) is 0 Å². The van der Waals surface area contributed by atoms with Gasteiger partial charge in [-0.05, 0) is 6.92 Å². The van der Waals surface area contributed by atoms with Crippen molar-refractivity contribution < 1.29 is 38.7 Å². The van der Waals surface area contributed by atoms with Gasteiger partial charge in [0.05, 0.1) is 18.9 Å². The van der Waals surface area contributed by atoms with E-state index in [-0.39, 0.29) is 13.2 Å². The maximum atomic E-state index is 12.0. The van der Waals surface area contributed by atoms with Crippen molar-refractivity contribution >= 4 is 26.6 Å². The van der Waals surface area contributed by atoms with Gasteiger partial charge in [-0.25, -0.2) is 4.79 Å². The van der Waals surface area contributed by atoms with E-state index in [1.807, 2.05) is 0 Å². The van der Waals surface area contributed by atoms with Crippen LogP contribution in [0.1, 0.15) is 6.92 Å². The molecule has 1 aliphatic rings. The van der Waals surface area contributed by atoms with Crippen LogP contribution in [-0.2, 0) is 23.6 Å². The molecular weight excluding hydrogens is 359 g/mol. The number of carbonyl (C=O) groups excluding carboxylic acids is 2. The summed E-state index contributed by atoms with van der Waals surface area (Å²) in [4.78, 5) is 32.0. The molecule has 1 fully saturated rings. The van der Waals surface area contributed by atoms with Crippen molar-refractivity contribution in [3.8, 4) is 0 Å². The summed E-state index contributed by atoms with van der Waals surface area (Å²) >= 11 is 0. The fourth-order valence-corrected chi connectivity index (χ4v) is 2.14. The minimum atomic E-state index is -1.49. The van der Waals surface area contributed by atoms with Crippen LogP contribution < -0.4 is 16.8 Å². The van der Waals surface area contributed by atoms with Gasteiger partial charge in [-0.15, -0.1) is 0 Å². The van der Waals surface area contributed by atoms with Crippen molar-refractivity contribution in [2.45, 2.75) is 31.5 Å².